The third-order valence-electron chi connectivity index (χ3n) is 3.51. The van der Waals surface area contributed by atoms with Crippen LogP contribution >= 0.6 is 0 Å². The summed E-state index contributed by atoms with van der Waals surface area (Å²) in [6, 6.07) is 16.3. The number of nitrogens with two attached hydrogens (primary N) is 1. The normalized spacial score (nSPS) is 12.0. The Morgan fingerprint density at radius 3 is 2.05 bits per heavy atom. The number of methoxy groups -OCH3 is 1. The smallest absolute Gasteiger partial charge is 0.119 e. The van der Waals surface area contributed by atoms with Crippen LogP contribution in [0.1, 0.15) is 24.5 Å². The van der Waals surface area contributed by atoms with Crippen molar-refractivity contribution in [2.75, 3.05) is 7.11 Å². The van der Waals surface area contributed by atoms with Crippen molar-refractivity contribution < 1.29 is 9.47 Å². The van der Waals surface area contributed by atoms with Crippen molar-refractivity contribution in [2.24, 2.45) is 5.73 Å². The van der Waals surface area contributed by atoms with E-state index in [1.54, 1.807) is 7.11 Å². The Morgan fingerprint density at radius 2 is 1.48 bits per heavy atom. The van der Waals surface area contributed by atoms with E-state index in [1.807, 2.05) is 36.4 Å². The Hall–Kier alpha value is -2.00. The van der Waals surface area contributed by atoms with Crippen molar-refractivity contribution in [3.63, 3.8) is 0 Å². The summed E-state index contributed by atoms with van der Waals surface area (Å²) in [6.45, 7) is 2.66. The highest BCUT2D eigenvalue weighted by Crippen LogP contribution is 2.17. The van der Waals surface area contributed by atoms with Crippen LogP contribution in [0.5, 0.6) is 11.5 Å². The standard InChI is InChI=1S/C18H23NO2/c1-3-16(19)12-14-4-10-18(11-5-14)21-13-15-6-8-17(20-2)9-7-15/h4-11,16H,3,12-13,19H2,1-2H3. The van der Waals surface area contributed by atoms with Gasteiger partial charge in [-0.1, -0.05) is 31.2 Å². The molecule has 0 radical (unpaired) electrons. The molecule has 21 heavy (non-hydrogen) atoms. The van der Waals surface area contributed by atoms with Crippen LogP contribution in [0.2, 0.25) is 0 Å². The fraction of sp³-hybridized carbons (Fsp3) is 0.333. The minimum Gasteiger partial charge on any atom is -0.497 e. The van der Waals surface area contributed by atoms with E-state index in [0.717, 1.165) is 29.9 Å². The number of hydrogen-bond donors (Lipinski definition) is 1. The van der Waals surface area contributed by atoms with E-state index in [-0.39, 0.29) is 6.04 Å². The summed E-state index contributed by atoms with van der Waals surface area (Å²) in [5, 5.41) is 0. The number of hydrogen-bond acceptors (Lipinski definition) is 3. The fourth-order valence-electron chi connectivity index (χ4n) is 2.06. The lowest BCUT2D eigenvalue weighted by Gasteiger charge is -2.10. The number of ether oxygens (including phenoxy) is 2. The zero-order chi connectivity index (χ0) is 15.1. The molecule has 0 aliphatic carbocycles. The van der Waals surface area contributed by atoms with E-state index >= 15 is 0 Å². The van der Waals surface area contributed by atoms with Gasteiger partial charge in [0.15, 0.2) is 0 Å². The first-order valence-corrected chi connectivity index (χ1v) is 7.31. The summed E-state index contributed by atoms with van der Waals surface area (Å²) in [5.74, 6) is 1.73. The van der Waals surface area contributed by atoms with Gasteiger partial charge in [-0.3, -0.25) is 0 Å². The van der Waals surface area contributed by atoms with E-state index in [0.29, 0.717) is 6.61 Å². The second kappa shape index (κ2) is 7.70. The van der Waals surface area contributed by atoms with Gasteiger partial charge in [0.05, 0.1) is 7.11 Å². The Kier molecular flexibility index (Phi) is 5.64. The van der Waals surface area contributed by atoms with Crippen molar-refractivity contribution in [2.45, 2.75) is 32.4 Å². The van der Waals surface area contributed by atoms with Crippen LogP contribution in [-0.2, 0) is 13.0 Å². The maximum atomic E-state index is 5.96. The third kappa shape index (κ3) is 4.80. The Bertz CT molecular complexity index is 534. The average Bonchev–Trinajstić information content (AvgIpc) is 2.54. The summed E-state index contributed by atoms with van der Waals surface area (Å²) >= 11 is 0. The quantitative estimate of drug-likeness (QED) is 0.846. The monoisotopic (exact) mass is 285 g/mol. The van der Waals surface area contributed by atoms with Crippen molar-refractivity contribution in [3.8, 4) is 11.5 Å². The molecule has 0 heterocycles. The highest BCUT2D eigenvalue weighted by Gasteiger charge is 2.02. The Morgan fingerprint density at radius 1 is 0.905 bits per heavy atom. The maximum Gasteiger partial charge on any atom is 0.119 e. The Balaban J connectivity index is 1.88. The van der Waals surface area contributed by atoms with E-state index in [1.165, 1.54) is 5.56 Å². The van der Waals surface area contributed by atoms with Crippen LogP contribution in [0.4, 0.5) is 0 Å². The number of benzene rings is 2. The molecule has 2 N–H and O–H groups in total. The van der Waals surface area contributed by atoms with Crippen LogP contribution in [0.25, 0.3) is 0 Å². The molecule has 1 atom stereocenters. The molecule has 0 aromatic heterocycles. The Labute approximate surface area is 126 Å². The molecule has 0 fully saturated rings. The van der Waals surface area contributed by atoms with Gasteiger partial charge in [0.2, 0.25) is 0 Å². The van der Waals surface area contributed by atoms with Crippen molar-refractivity contribution in [3.05, 3.63) is 59.7 Å². The molecule has 2 aromatic rings. The molecule has 0 aliphatic rings. The molecule has 2 rings (SSSR count). The van der Waals surface area contributed by atoms with Gasteiger partial charge in [-0.15, -0.1) is 0 Å². The van der Waals surface area contributed by atoms with Gasteiger partial charge in [-0.25, -0.2) is 0 Å². The maximum absolute atomic E-state index is 5.96. The van der Waals surface area contributed by atoms with Gasteiger partial charge in [0, 0.05) is 6.04 Å². The first kappa shape index (κ1) is 15.4. The van der Waals surface area contributed by atoms with E-state index in [2.05, 4.69) is 19.1 Å². The summed E-state index contributed by atoms with van der Waals surface area (Å²) in [4.78, 5) is 0. The molecular weight excluding hydrogens is 262 g/mol. The summed E-state index contributed by atoms with van der Waals surface area (Å²) in [7, 11) is 1.66. The minimum atomic E-state index is 0.232. The topological polar surface area (TPSA) is 44.5 Å². The lowest BCUT2D eigenvalue weighted by Crippen LogP contribution is -2.21. The van der Waals surface area contributed by atoms with E-state index in [4.69, 9.17) is 15.2 Å². The molecule has 0 saturated heterocycles. The first-order chi connectivity index (χ1) is 10.2. The summed E-state index contributed by atoms with van der Waals surface area (Å²) in [6.07, 6.45) is 1.91. The predicted molar refractivity (Wildman–Crippen MR) is 85.7 cm³/mol. The lowest BCUT2D eigenvalue weighted by atomic mass is 10.0. The predicted octanol–water partition coefficient (Wildman–Crippen LogP) is 3.55. The summed E-state index contributed by atoms with van der Waals surface area (Å²) in [5.41, 5.74) is 8.33. The molecule has 112 valence electrons. The van der Waals surface area contributed by atoms with Crippen molar-refractivity contribution >= 4 is 0 Å². The van der Waals surface area contributed by atoms with E-state index < -0.39 is 0 Å². The third-order valence-corrected chi connectivity index (χ3v) is 3.51. The van der Waals surface area contributed by atoms with Gasteiger partial charge in [0.25, 0.3) is 0 Å². The summed E-state index contributed by atoms with van der Waals surface area (Å²) < 4.78 is 10.9. The fourth-order valence-corrected chi connectivity index (χ4v) is 2.06. The van der Waals surface area contributed by atoms with Gasteiger partial charge in [-0.05, 0) is 48.2 Å². The first-order valence-electron chi connectivity index (χ1n) is 7.31. The lowest BCUT2D eigenvalue weighted by molar-refractivity contribution is 0.306. The van der Waals surface area contributed by atoms with Gasteiger partial charge in [0.1, 0.15) is 18.1 Å². The minimum absolute atomic E-state index is 0.232. The van der Waals surface area contributed by atoms with Gasteiger partial charge in [-0.2, -0.15) is 0 Å². The van der Waals surface area contributed by atoms with Gasteiger partial charge < -0.3 is 15.2 Å². The molecule has 1 unspecified atom stereocenters. The molecule has 0 amide bonds. The highest BCUT2D eigenvalue weighted by atomic mass is 16.5. The van der Waals surface area contributed by atoms with Crippen LogP contribution in [0, 0.1) is 0 Å². The zero-order valence-corrected chi connectivity index (χ0v) is 12.7. The molecule has 3 nitrogen and oxygen atoms in total. The average molecular weight is 285 g/mol. The largest absolute Gasteiger partial charge is 0.497 e. The van der Waals surface area contributed by atoms with Crippen LogP contribution in [-0.4, -0.2) is 13.2 Å². The van der Waals surface area contributed by atoms with Crippen molar-refractivity contribution in [1.82, 2.24) is 0 Å². The van der Waals surface area contributed by atoms with Gasteiger partial charge >= 0.3 is 0 Å². The van der Waals surface area contributed by atoms with Crippen LogP contribution < -0.4 is 15.2 Å². The zero-order valence-electron chi connectivity index (χ0n) is 12.7. The SMILES string of the molecule is CCC(N)Cc1ccc(OCc2ccc(OC)cc2)cc1. The molecule has 0 spiro atoms. The molecule has 0 bridgehead atoms. The highest BCUT2D eigenvalue weighted by molar-refractivity contribution is 5.29. The number of rotatable bonds is 7. The van der Waals surface area contributed by atoms with Crippen LogP contribution in [0.3, 0.4) is 0 Å². The second-order valence-corrected chi connectivity index (χ2v) is 5.15. The van der Waals surface area contributed by atoms with Crippen LogP contribution in [0.15, 0.2) is 48.5 Å². The molecule has 3 heteroatoms. The molecular formula is C18H23NO2. The van der Waals surface area contributed by atoms with E-state index in [9.17, 15) is 0 Å². The second-order valence-electron chi connectivity index (χ2n) is 5.15. The van der Waals surface area contributed by atoms with Crippen molar-refractivity contribution in [1.29, 1.82) is 0 Å². The molecule has 0 saturated carbocycles. The molecule has 2 aromatic carbocycles. The molecule has 0 aliphatic heterocycles.